The summed E-state index contributed by atoms with van der Waals surface area (Å²) in [6, 6.07) is 14.6. The van der Waals surface area contributed by atoms with Crippen LogP contribution in [0.4, 0.5) is 0 Å². The van der Waals surface area contributed by atoms with Gasteiger partial charge in [-0.3, -0.25) is 4.79 Å². The minimum Gasteiger partial charge on any atom is -0.327 e. The number of para-hydroxylation sites is 2. The third-order valence-electron chi connectivity index (χ3n) is 4.86. The average Bonchev–Trinajstić information content (AvgIpc) is 3.17. The minimum atomic E-state index is 0.0788. The van der Waals surface area contributed by atoms with Crippen LogP contribution in [0.2, 0.25) is 0 Å². The zero-order chi connectivity index (χ0) is 18.3. The van der Waals surface area contributed by atoms with Crippen LogP contribution < -0.4 is 10.2 Å². The van der Waals surface area contributed by atoms with Gasteiger partial charge in [0.2, 0.25) is 0 Å². The molecule has 1 atom stereocenters. The summed E-state index contributed by atoms with van der Waals surface area (Å²) in [5.41, 5.74) is 4.37. The van der Waals surface area contributed by atoms with Gasteiger partial charge in [0, 0.05) is 20.1 Å². The smallest absolute Gasteiger partial charge is 0.307 e. The van der Waals surface area contributed by atoms with Gasteiger partial charge in [0.25, 0.3) is 0 Å². The fourth-order valence-electron chi connectivity index (χ4n) is 3.41. The Hall–Kier alpha value is -2.44. The summed E-state index contributed by atoms with van der Waals surface area (Å²) in [4.78, 5) is 16.7. The lowest BCUT2D eigenvalue weighted by atomic mass is 10.2. The van der Waals surface area contributed by atoms with E-state index in [-0.39, 0.29) is 10.9 Å². The van der Waals surface area contributed by atoms with Crippen LogP contribution >= 0.6 is 11.3 Å². The first kappa shape index (κ1) is 17.0. The van der Waals surface area contributed by atoms with Gasteiger partial charge in [-0.25, -0.2) is 4.98 Å². The Balaban J connectivity index is 1.57. The first-order chi connectivity index (χ1) is 12.6. The van der Waals surface area contributed by atoms with Crippen molar-refractivity contribution < 1.29 is 0 Å². The number of nitrogens with zero attached hydrogens (tertiary/aromatic N) is 3. The molecule has 0 aliphatic heterocycles. The molecule has 134 valence electrons. The van der Waals surface area contributed by atoms with E-state index in [0.29, 0.717) is 0 Å². The monoisotopic (exact) mass is 366 g/mol. The van der Waals surface area contributed by atoms with Gasteiger partial charge in [-0.05, 0) is 43.7 Å². The van der Waals surface area contributed by atoms with Gasteiger partial charge in [0.05, 0.1) is 27.3 Å². The molecule has 2 heterocycles. The molecule has 0 amide bonds. The maximum atomic E-state index is 11.8. The molecule has 5 nitrogen and oxygen atoms in total. The van der Waals surface area contributed by atoms with Crippen LogP contribution in [-0.2, 0) is 20.1 Å². The lowest BCUT2D eigenvalue weighted by Crippen LogP contribution is -2.21. The number of hydrogen-bond acceptors (Lipinski definition) is 4. The van der Waals surface area contributed by atoms with Crippen molar-refractivity contribution in [3.63, 3.8) is 0 Å². The topological polar surface area (TPSA) is 51.9 Å². The summed E-state index contributed by atoms with van der Waals surface area (Å²) in [5.74, 6) is 1.05. The standard InChI is InChI=1S/C20H22N4OS/c1-4-24-16-8-6-5-7-15(16)22-19(24)13(2)21-12-14-9-10-17-18(11-14)26-20(25)23(17)3/h5-11,13,21H,4,12H2,1-3H3/t13-/m0/s1. The van der Waals surface area contributed by atoms with Crippen LogP contribution in [0, 0.1) is 0 Å². The van der Waals surface area contributed by atoms with Crippen LogP contribution in [0.1, 0.15) is 31.3 Å². The molecule has 6 heteroatoms. The number of aromatic nitrogens is 3. The van der Waals surface area contributed by atoms with Gasteiger partial charge in [-0.15, -0.1) is 0 Å². The highest BCUT2D eigenvalue weighted by Crippen LogP contribution is 2.22. The highest BCUT2D eigenvalue weighted by Gasteiger charge is 2.15. The molecule has 2 aromatic carbocycles. The van der Waals surface area contributed by atoms with E-state index in [9.17, 15) is 4.79 Å². The maximum absolute atomic E-state index is 11.8. The van der Waals surface area contributed by atoms with E-state index in [2.05, 4.69) is 54.1 Å². The quantitative estimate of drug-likeness (QED) is 0.584. The maximum Gasteiger partial charge on any atom is 0.307 e. The van der Waals surface area contributed by atoms with Gasteiger partial charge in [0.1, 0.15) is 5.82 Å². The van der Waals surface area contributed by atoms with E-state index in [0.717, 1.165) is 34.6 Å². The summed E-state index contributed by atoms with van der Waals surface area (Å²) in [6.07, 6.45) is 0. The van der Waals surface area contributed by atoms with E-state index >= 15 is 0 Å². The number of benzene rings is 2. The molecule has 0 bridgehead atoms. The van der Waals surface area contributed by atoms with Crippen molar-refractivity contribution in [3.05, 3.63) is 63.5 Å². The third-order valence-corrected chi connectivity index (χ3v) is 5.85. The summed E-state index contributed by atoms with van der Waals surface area (Å²) < 4.78 is 4.99. The molecule has 4 aromatic rings. The van der Waals surface area contributed by atoms with Crippen LogP contribution in [0.3, 0.4) is 0 Å². The minimum absolute atomic E-state index is 0.0788. The molecule has 0 unspecified atom stereocenters. The van der Waals surface area contributed by atoms with Crippen molar-refractivity contribution in [2.24, 2.45) is 7.05 Å². The highest BCUT2D eigenvalue weighted by molar-refractivity contribution is 7.16. The number of rotatable bonds is 5. The summed E-state index contributed by atoms with van der Waals surface area (Å²) >= 11 is 1.30. The summed E-state index contributed by atoms with van der Waals surface area (Å²) in [5, 5.41) is 3.57. The number of imidazole rings is 1. The fraction of sp³-hybridized carbons (Fsp3) is 0.300. The number of nitrogens with one attached hydrogen (secondary N) is 1. The van der Waals surface area contributed by atoms with Gasteiger partial charge in [0.15, 0.2) is 0 Å². The molecule has 0 fully saturated rings. The Bertz CT molecular complexity index is 1140. The van der Waals surface area contributed by atoms with Gasteiger partial charge in [-0.2, -0.15) is 0 Å². The van der Waals surface area contributed by atoms with Crippen molar-refractivity contribution in [2.45, 2.75) is 33.0 Å². The van der Waals surface area contributed by atoms with Gasteiger partial charge in [-0.1, -0.05) is 29.5 Å². The second-order valence-corrected chi connectivity index (χ2v) is 7.53. The Labute approximate surface area is 155 Å². The van der Waals surface area contributed by atoms with Crippen LogP contribution in [0.5, 0.6) is 0 Å². The average molecular weight is 366 g/mol. The third kappa shape index (κ3) is 2.85. The Kier molecular flexibility index (Phi) is 4.38. The largest absolute Gasteiger partial charge is 0.327 e. The Morgan fingerprint density at radius 2 is 2.00 bits per heavy atom. The molecule has 0 radical (unpaired) electrons. The molecular formula is C20H22N4OS. The SMILES string of the molecule is CCn1c([C@H](C)NCc2ccc3c(c2)sc(=O)n3C)nc2ccccc21. The van der Waals surface area contributed by atoms with Crippen LogP contribution in [0.25, 0.3) is 21.3 Å². The molecule has 2 aromatic heterocycles. The zero-order valence-electron chi connectivity index (χ0n) is 15.2. The van der Waals surface area contributed by atoms with E-state index < -0.39 is 0 Å². The second-order valence-electron chi connectivity index (χ2n) is 6.53. The first-order valence-electron chi connectivity index (χ1n) is 8.85. The molecule has 0 saturated heterocycles. The molecule has 1 N–H and O–H groups in total. The van der Waals surface area contributed by atoms with Gasteiger partial charge >= 0.3 is 4.87 Å². The molecule has 0 saturated carbocycles. The summed E-state index contributed by atoms with van der Waals surface area (Å²) in [6.45, 7) is 5.92. The van der Waals surface area contributed by atoms with Gasteiger partial charge < -0.3 is 14.5 Å². The number of aryl methyl sites for hydroxylation is 2. The van der Waals surface area contributed by atoms with Crippen molar-refractivity contribution in [3.8, 4) is 0 Å². The van der Waals surface area contributed by atoms with E-state index in [1.165, 1.54) is 22.4 Å². The van der Waals surface area contributed by atoms with E-state index in [1.807, 2.05) is 19.2 Å². The van der Waals surface area contributed by atoms with E-state index in [4.69, 9.17) is 4.98 Å². The second kappa shape index (κ2) is 6.70. The lowest BCUT2D eigenvalue weighted by Gasteiger charge is -2.15. The van der Waals surface area contributed by atoms with Crippen LogP contribution in [0.15, 0.2) is 47.3 Å². The molecule has 0 aliphatic rings. The number of hydrogen-bond donors (Lipinski definition) is 1. The molecule has 0 spiro atoms. The van der Waals surface area contributed by atoms with Crippen molar-refractivity contribution in [1.82, 2.24) is 19.4 Å². The zero-order valence-corrected chi connectivity index (χ0v) is 16.0. The highest BCUT2D eigenvalue weighted by atomic mass is 32.1. The van der Waals surface area contributed by atoms with E-state index in [1.54, 1.807) is 4.57 Å². The Morgan fingerprint density at radius 3 is 2.81 bits per heavy atom. The predicted octanol–water partition coefficient (Wildman–Crippen LogP) is 3.82. The lowest BCUT2D eigenvalue weighted by molar-refractivity contribution is 0.522. The molecule has 26 heavy (non-hydrogen) atoms. The molecule has 4 rings (SSSR count). The predicted molar refractivity (Wildman–Crippen MR) is 108 cm³/mol. The molecular weight excluding hydrogens is 344 g/mol. The Morgan fingerprint density at radius 1 is 1.19 bits per heavy atom. The fourth-order valence-corrected chi connectivity index (χ4v) is 4.35. The van der Waals surface area contributed by atoms with Crippen molar-refractivity contribution in [1.29, 1.82) is 0 Å². The van der Waals surface area contributed by atoms with Crippen molar-refractivity contribution in [2.75, 3.05) is 0 Å². The summed E-state index contributed by atoms with van der Waals surface area (Å²) in [7, 11) is 1.82. The van der Waals surface area contributed by atoms with Crippen LogP contribution in [-0.4, -0.2) is 14.1 Å². The normalized spacial score (nSPS) is 12.9. The number of fused-ring (bicyclic) bond motifs is 2. The first-order valence-corrected chi connectivity index (χ1v) is 9.67. The van der Waals surface area contributed by atoms with Crippen molar-refractivity contribution >= 4 is 32.6 Å². The number of thiazole rings is 1. The molecule has 0 aliphatic carbocycles.